The van der Waals surface area contributed by atoms with Crippen molar-refractivity contribution in [3.63, 3.8) is 0 Å². The molecule has 168 valence electrons. The zero-order chi connectivity index (χ0) is 23.5. The topological polar surface area (TPSA) is 130 Å². The highest BCUT2D eigenvalue weighted by Crippen LogP contribution is 2.29. The van der Waals surface area contributed by atoms with Crippen molar-refractivity contribution in [3.05, 3.63) is 72.4 Å². The van der Waals surface area contributed by atoms with Crippen LogP contribution in [0.2, 0.25) is 0 Å². The average Bonchev–Trinajstić information content (AvgIpc) is 3.17. The molecular formula is C21H20FN3O6S. The Morgan fingerprint density at radius 1 is 1.19 bits per heavy atom. The number of rotatable bonds is 9. The van der Waals surface area contributed by atoms with Gasteiger partial charge in [0.05, 0.1) is 12.1 Å². The molecule has 0 spiro atoms. The van der Waals surface area contributed by atoms with Gasteiger partial charge in [0.1, 0.15) is 16.8 Å². The van der Waals surface area contributed by atoms with Crippen LogP contribution >= 0.6 is 0 Å². The van der Waals surface area contributed by atoms with E-state index in [1.165, 1.54) is 66.9 Å². The van der Waals surface area contributed by atoms with Crippen LogP contribution in [-0.4, -0.2) is 57.5 Å². The van der Waals surface area contributed by atoms with Gasteiger partial charge in [-0.3, -0.25) is 19.5 Å². The van der Waals surface area contributed by atoms with E-state index in [9.17, 15) is 27.5 Å². The molecule has 11 heteroatoms. The SMILES string of the molecule is CN(Cc1cc(-c2ccccc2F)n(S(=O)(=O)c2cccnc2)c1)C(CC(=O)O)C(=O)O. The Balaban J connectivity index is 2.09. The second-order valence-corrected chi connectivity index (χ2v) is 8.88. The Bertz CT molecular complexity index is 1240. The van der Waals surface area contributed by atoms with Crippen molar-refractivity contribution < 1.29 is 32.6 Å². The molecular weight excluding hydrogens is 441 g/mol. The first-order chi connectivity index (χ1) is 15.1. The summed E-state index contributed by atoms with van der Waals surface area (Å²) in [5, 5.41) is 18.3. The van der Waals surface area contributed by atoms with Crippen LogP contribution in [0.4, 0.5) is 4.39 Å². The van der Waals surface area contributed by atoms with Crippen LogP contribution < -0.4 is 0 Å². The van der Waals surface area contributed by atoms with Crippen LogP contribution in [0.25, 0.3) is 11.3 Å². The van der Waals surface area contributed by atoms with Crippen LogP contribution in [0.15, 0.2) is 66.0 Å². The van der Waals surface area contributed by atoms with E-state index in [0.717, 1.165) is 3.97 Å². The largest absolute Gasteiger partial charge is 0.481 e. The minimum atomic E-state index is -4.15. The maximum absolute atomic E-state index is 14.5. The van der Waals surface area contributed by atoms with E-state index >= 15 is 0 Å². The number of halogens is 1. The van der Waals surface area contributed by atoms with Gasteiger partial charge in [0.15, 0.2) is 0 Å². The molecule has 0 radical (unpaired) electrons. The summed E-state index contributed by atoms with van der Waals surface area (Å²) in [4.78, 5) is 27.5. The minimum absolute atomic E-state index is 0.0363. The van der Waals surface area contributed by atoms with E-state index < -0.39 is 40.2 Å². The number of likely N-dealkylation sites (N-methyl/N-ethyl adjacent to an activating group) is 1. The number of aliphatic carboxylic acids is 2. The molecule has 0 bridgehead atoms. The van der Waals surface area contributed by atoms with Crippen molar-refractivity contribution in [2.45, 2.75) is 23.9 Å². The molecule has 2 N–H and O–H groups in total. The first-order valence-electron chi connectivity index (χ1n) is 9.38. The van der Waals surface area contributed by atoms with Crippen molar-refractivity contribution in [1.29, 1.82) is 0 Å². The number of benzene rings is 1. The Kier molecular flexibility index (Phi) is 6.70. The van der Waals surface area contributed by atoms with Crippen LogP contribution in [-0.2, 0) is 26.2 Å². The monoisotopic (exact) mass is 461 g/mol. The van der Waals surface area contributed by atoms with E-state index in [1.807, 2.05) is 0 Å². The lowest BCUT2D eigenvalue weighted by molar-refractivity contribution is -0.149. The van der Waals surface area contributed by atoms with Crippen molar-refractivity contribution in [2.24, 2.45) is 0 Å². The number of pyridine rings is 1. The molecule has 3 rings (SSSR count). The maximum atomic E-state index is 14.5. The lowest BCUT2D eigenvalue weighted by Gasteiger charge is -2.22. The number of nitrogens with zero attached hydrogens (tertiary/aromatic N) is 3. The van der Waals surface area contributed by atoms with Crippen LogP contribution in [0.3, 0.4) is 0 Å². The van der Waals surface area contributed by atoms with E-state index in [0.29, 0.717) is 5.56 Å². The third-order valence-electron chi connectivity index (χ3n) is 4.80. The number of carbonyl (C=O) groups is 2. The zero-order valence-electron chi connectivity index (χ0n) is 16.9. The smallest absolute Gasteiger partial charge is 0.321 e. The van der Waals surface area contributed by atoms with Gasteiger partial charge in [0.2, 0.25) is 0 Å². The summed E-state index contributed by atoms with van der Waals surface area (Å²) in [6.07, 6.45) is 3.21. The van der Waals surface area contributed by atoms with Crippen LogP contribution in [0, 0.1) is 5.82 Å². The Morgan fingerprint density at radius 2 is 1.91 bits per heavy atom. The highest BCUT2D eigenvalue weighted by atomic mass is 32.2. The fourth-order valence-corrected chi connectivity index (χ4v) is 4.61. The second-order valence-electron chi connectivity index (χ2n) is 7.07. The number of hydrogen-bond donors (Lipinski definition) is 2. The summed E-state index contributed by atoms with van der Waals surface area (Å²) in [5.41, 5.74) is 0.435. The highest BCUT2D eigenvalue weighted by Gasteiger charge is 2.28. The molecule has 2 heterocycles. The van der Waals surface area contributed by atoms with Crippen molar-refractivity contribution >= 4 is 22.0 Å². The summed E-state index contributed by atoms with van der Waals surface area (Å²) < 4.78 is 41.9. The van der Waals surface area contributed by atoms with Crippen molar-refractivity contribution in [1.82, 2.24) is 13.9 Å². The summed E-state index contributed by atoms with van der Waals surface area (Å²) in [7, 11) is -2.73. The standard InChI is InChI=1S/C21H20FN3O6S/c1-24(19(21(28)29)10-20(26)27)12-14-9-18(16-6-2-3-7-17(16)22)25(13-14)32(30,31)15-5-4-8-23-11-15/h2-9,11,13,19H,10,12H2,1H3,(H,26,27)(H,28,29). The van der Waals surface area contributed by atoms with Gasteiger partial charge in [-0.2, -0.15) is 0 Å². The molecule has 32 heavy (non-hydrogen) atoms. The molecule has 0 aliphatic carbocycles. The normalized spacial score (nSPS) is 12.6. The molecule has 0 saturated heterocycles. The third-order valence-corrected chi connectivity index (χ3v) is 6.46. The minimum Gasteiger partial charge on any atom is -0.481 e. The molecule has 0 aliphatic rings. The molecule has 1 aromatic carbocycles. The molecule has 1 unspecified atom stereocenters. The van der Waals surface area contributed by atoms with Gasteiger partial charge < -0.3 is 10.2 Å². The van der Waals surface area contributed by atoms with Gasteiger partial charge in [-0.05, 0) is 42.9 Å². The summed E-state index contributed by atoms with van der Waals surface area (Å²) in [6.45, 7) is -0.0821. The summed E-state index contributed by atoms with van der Waals surface area (Å²) in [6, 6.07) is 8.57. The highest BCUT2D eigenvalue weighted by molar-refractivity contribution is 7.90. The van der Waals surface area contributed by atoms with Crippen LogP contribution in [0.5, 0.6) is 0 Å². The molecule has 1 atom stereocenters. The lowest BCUT2D eigenvalue weighted by Crippen LogP contribution is -2.39. The Hall–Kier alpha value is -3.57. The predicted octanol–water partition coefficient (Wildman–Crippen LogP) is 2.29. The van der Waals surface area contributed by atoms with Gasteiger partial charge in [-0.25, -0.2) is 16.8 Å². The van der Waals surface area contributed by atoms with E-state index in [-0.39, 0.29) is 22.7 Å². The first-order valence-corrected chi connectivity index (χ1v) is 10.8. The van der Waals surface area contributed by atoms with E-state index in [4.69, 9.17) is 5.11 Å². The van der Waals surface area contributed by atoms with Crippen molar-refractivity contribution in [3.8, 4) is 11.3 Å². The third kappa shape index (κ3) is 4.84. The number of aromatic nitrogens is 2. The molecule has 9 nitrogen and oxygen atoms in total. The van der Waals surface area contributed by atoms with Crippen molar-refractivity contribution in [2.75, 3.05) is 7.05 Å². The maximum Gasteiger partial charge on any atom is 0.321 e. The van der Waals surface area contributed by atoms with E-state index in [1.54, 1.807) is 6.07 Å². The molecule has 2 aromatic heterocycles. The molecule has 0 saturated carbocycles. The zero-order valence-corrected chi connectivity index (χ0v) is 17.7. The molecule has 3 aromatic rings. The number of hydrogen-bond acceptors (Lipinski definition) is 6. The Morgan fingerprint density at radius 3 is 2.50 bits per heavy atom. The summed E-state index contributed by atoms with van der Waals surface area (Å²) in [5.74, 6) is -3.25. The van der Waals surface area contributed by atoms with Gasteiger partial charge in [-0.15, -0.1) is 0 Å². The quantitative estimate of drug-likeness (QED) is 0.496. The number of carboxylic acids is 2. The number of carboxylic acid groups (broad SMARTS) is 2. The van der Waals surface area contributed by atoms with Crippen LogP contribution in [0.1, 0.15) is 12.0 Å². The summed E-state index contributed by atoms with van der Waals surface area (Å²) >= 11 is 0. The van der Waals surface area contributed by atoms with Gasteiger partial charge >= 0.3 is 11.9 Å². The first kappa shape index (κ1) is 23.1. The Labute approximate surface area is 183 Å². The average molecular weight is 461 g/mol. The molecule has 0 amide bonds. The molecule has 0 aliphatic heterocycles. The lowest BCUT2D eigenvalue weighted by atomic mass is 10.1. The van der Waals surface area contributed by atoms with Gasteiger partial charge in [0.25, 0.3) is 10.0 Å². The predicted molar refractivity (Wildman–Crippen MR) is 112 cm³/mol. The fraction of sp³-hybridized carbons (Fsp3) is 0.190. The van der Waals surface area contributed by atoms with E-state index in [2.05, 4.69) is 4.98 Å². The second kappa shape index (κ2) is 9.28. The van der Waals surface area contributed by atoms with Gasteiger partial charge in [0, 0.05) is 30.7 Å². The molecule has 0 fully saturated rings. The van der Waals surface area contributed by atoms with Gasteiger partial charge in [-0.1, -0.05) is 12.1 Å². The fourth-order valence-electron chi connectivity index (χ4n) is 3.26.